The molecule has 0 bridgehead atoms. The van der Waals surface area contributed by atoms with Crippen LogP contribution in [0.25, 0.3) is 0 Å². The van der Waals surface area contributed by atoms with Crippen LogP contribution in [-0.4, -0.2) is 27.5 Å². The summed E-state index contributed by atoms with van der Waals surface area (Å²) in [6.45, 7) is 7.85. The molecule has 5 heteroatoms. The fraction of sp³-hybridized carbons (Fsp3) is 0.471. The molecule has 0 radical (unpaired) electrons. The van der Waals surface area contributed by atoms with Gasteiger partial charge in [0.2, 0.25) is 0 Å². The van der Waals surface area contributed by atoms with E-state index in [2.05, 4.69) is 24.3 Å². The minimum absolute atomic E-state index is 0.206. The Morgan fingerprint density at radius 1 is 1.32 bits per heavy atom. The van der Waals surface area contributed by atoms with Gasteiger partial charge in [0.15, 0.2) is 0 Å². The van der Waals surface area contributed by atoms with Gasteiger partial charge in [0.1, 0.15) is 0 Å². The summed E-state index contributed by atoms with van der Waals surface area (Å²) in [5.41, 5.74) is 4.48. The molecule has 22 heavy (non-hydrogen) atoms. The van der Waals surface area contributed by atoms with E-state index in [0.29, 0.717) is 6.54 Å². The van der Waals surface area contributed by atoms with E-state index in [0.717, 1.165) is 34.9 Å². The minimum Gasteiger partial charge on any atom is -0.396 e. The fourth-order valence-corrected chi connectivity index (χ4v) is 2.70. The van der Waals surface area contributed by atoms with E-state index >= 15 is 0 Å². The van der Waals surface area contributed by atoms with Crippen LogP contribution in [-0.2, 0) is 13.1 Å². The van der Waals surface area contributed by atoms with Crippen molar-refractivity contribution in [2.45, 2.75) is 46.3 Å². The summed E-state index contributed by atoms with van der Waals surface area (Å²) < 4.78 is 2.00. The standard InChI is InChI=1S/C17H24ClN3O/c1-12(8-9-22)19-10-16-13(2)20-21(14(16)3)11-15-6-4-5-7-17(15)18/h4-7,12,19,22H,8-11H2,1-3H3. The van der Waals surface area contributed by atoms with E-state index in [1.54, 1.807) is 0 Å². The van der Waals surface area contributed by atoms with Crippen LogP contribution < -0.4 is 5.32 Å². The van der Waals surface area contributed by atoms with Crippen LogP contribution in [0.4, 0.5) is 0 Å². The number of aromatic nitrogens is 2. The predicted octanol–water partition coefficient (Wildman–Crippen LogP) is 3.06. The highest BCUT2D eigenvalue weighted by Crippen LogP contribution is 2.19. The Morgan fingerprint density at radius 3 is 2.73 bits per heavy atom. The Hall–Kier alpha value is -1.36. The minimum atomic E-state index is 0.206. The maximum absolute atomic E-state index is 8.97. The van der Waals surface area contributed by atoms with Gasteiger partial charge in [-0.25, -0.2) is 0 Å². The van der Waals surface area contributed by atoms with Gasteiger partial charge in [0.25, 0.3) is 0 Å². The van der Waals surface area contributed by atoms with E-state index in [1.807, 2.05) is 35.9 Å². The first-order valence-corrected chi connectivity index (χ1v) is 8.01. The molecular weight excluding hydrogens is 298 g/mol. The molecule has 0 aliphatic heterocycles. The maximum Gasteiger partial charge on any atom is 0.0677 e. The van der Waals surface area contributed by atoms with Crippen LogP contribution in [0.3, 0.4) is 0 Å². The van der Waals surface area contributed by atoms with E-state index in [1.165, 1.54) is 5.56 Å². The monoisotopic (exact) mass is 321 g/mol. The third-order valence-electron chi connectivity index (χ3n) is 4.00. The number of aryl methyl sites for hydroxylation is 1. The molecule has 120 valence electrons. The molecule has 1 aromatic carbocycles. The van der Waals surface area contributed by atoms with Crippen LogP contribution in [0.15, 0.2) is 24.3 Å². The fourth-order valence-electron chi connectivity index (χ4n) is 2.50. The summed E-state index contributed by atoms with van der Waals surface area (Å²) in [5, 5.41) is 17.8. The molecule has 1 aromatic heterocycles. The number of aliphatic hydroxyl groups is 1. The van der Waals surface area contributed by atoms with Crippen molar-refractivity contribution in [1.29, 1.82) is 0 Å². The first kappa shape index (κ1) is 17.0. The van der Waals surface area contributed by atoms with E-state index < -0.39 is 0 Å². The van der Waals surface area contributed by atoms with Gasteiger partial charge in [-0.2, -0.15) is 5.10 Å². The molecule has 0 fully saturated rings. The van der Waals surface area contributed by atoms with Crippen molar-refractivity contribution >= 4 is 11.6 Å². The SMILES string of the molecule is Cc1nn(Cc2ccccc2Cl)c(C)c1CNC(C)CCO. The van der Waals surface area contributed by atoms with Crippen molar-refractivity contribution in [3.8, 4) is 0 Å². The Bertz CT molecular complexity index is 624. The van der Waals surface area contributed by atoms with Gasteiger partial charge in [-0.3, -0.25) is 4.68 Å². The lowest BCUT2D eigenvalue weighted by molar-refractivity contribution is 0.268. The number of halogens is 1. The molecule has 1 heterocycles. The van der Waals surface area contributed by atoms with Crippen molar-refractivity contribution in [3.63, 3.8) is 0 Å². The van der Waals surface area contributed by atoms with Crippen molar-refractivity contribution in [2.24, 2.45) is 0 Å². The van der Waals surface area contributed by atoms with Gasteiger partial charge >= 0.3 is 0 Å². The normalized spacial score (nSPS) is 12.6. The van der Waals surface area contributed by atoms with Crippen LogP contribution in [0, 0.1) is 13.8 Å². The van der Waals surface area contributed by atoms with E-state index in [9.17, 15) is 0 Å². The lowest BCUT2D eigenvalue weighted by atomic mass is 10.1. The zero-order valence-electron chi connectivity index (χ0n) is 13.4. The van der Waals surface area contributed by atoms with Crippen molar-refractivity contribution < 1.29 is 5.11 Å². The highest BCUT2D eigenvalue weighted by atomic mass is 35.5. The first-order chi connectivity index (χ1) is 10.5. The zero-order valence-corrected chi connectivity index (χ0v) is 14.2. The van der Waals surface area contributed by atoms with Crippen LogP contribution in [0.2, 0.25) is 5.02 Å². The molecule has 0 saturated heterocycles. The maximum atomic E-state index is 8.97. The van der Waals surface area contributed by atoms with Gasteiger partial charge < -0.3 is 10.4 Å². The molecule has 2 N–H and O–H groups in total. The Labute approximate surface area is 137 Å². The van der Waals surface area contributed by atoms with Gasteiger partial charge in [0.05, 0.1) is 12.2 Å². The Kier molecular flexibility index (Phi) is 6.00. The van der Waals surface area contributed by atoms with Gasteiger partial charge in [-0.1, -0.05) is 29.8 Å². The molecule has 0 aliphatic carbocycles. The molecular formula is C17H24ClN3O. The van der Waals surface area contributed by atoms with E-state index in [-0.39, 0.29) is 12.6 Å². The number of nitrogens with one attached hydrogen (secondary N) is 1. The second-order valence-electron chi connectivity index (χ2n) is 5.69. The molecule has 1 atom stereocenters. The predicted molar refractivity (Wildman–Crippen MR) is 90.3 cm³/mol. The lowest BCUT2D eigenvalue weighted by Crippen LogP contribution is -2.26. The Balaban J connectivity index is 2.12. The summed E-state index contributed by atoms with van der Waals surface area (Å²) in [7, 11) is 0. The molecule has 0 aliphatic rings. The highest BCUT2D eigenvalue weighted by Gasteiger charge is 2.13. The van der Waals surface area contributed by atoms with Crippen molar-refractivity contribution in [3.05, 3.63) is 51.8 Å². The topological polar surface area (TPSA) is 50.1 Å². The molecule has 0 amide bonds. The molecule has 0 saturated carbocycles. The number of hydrogen-bond donors (Lipinski definition) is 2. The summed E-state index contributed by atoms with van der Waals surface area (Å²) >= 11 is 6.23. The summed E-state index contributed by atoms with van der Waals surface area (Å²) in [4.78, 5) is 0. The second kappa shape index (κ2) is 7.77. The summed E-state index contributed by atoms with van der Waals surface area (Å²) in [5.74, 6) is 0. The highest BCUT2D eigenvalue weighted by molar-refractivity contribution is 6.31. The number of benzene rings is 1. The molecule has 1 unspecified atom stereocenters. The average Bonchev–Trinajstić information content (AvgIpc) is 2.74. The van der Waals surface area contributed by atoms with Gasteiger partial charge in [0, 0.05) is 35.5 Å². The zero-order chi connectivity index (χ0) is 16.1. The number of hydrogen-bond acceptors (Lipinski definition) is 3. The summed E-state index contributed by atoms with van der Waals surface area (Å²) in [6, 6.07) is 8.15. The first-order valence-electron chi connectivity index (χ1n) is 7.63. The second-order valence-corrected chi connectivity index (χ2v) is 6.10. The lowest BCUT2D eigenvalue weighted by Gasteiger charge is -2.12. The third kappa shape index (κ3) is 4.09. The van der Waals surface area contributed by atoms with E-state index in [4.69, 9.17) is 16.7 Å². The van der Waals surface area contributed by atoms with Crippen LogP contribution in [0.1, 0.15) is 35.9 Å². The van der Waals surface area contributed by atoms with Crippen molar-refractivity contribution in [1.82, 2.24) is 15.1 Å². The molecule has 4 nitrogen and oxygen atoms in total. The molecule has 2 rings (SSSR count). The smallest absolute Gasteiger partial charge is 0.0677 e. The quantitative estimate of drug-likeness (QED) is 0.824. The van der Waals surface area contributed by atoms with Crippen LogP contribution >= 0.6 is 11.6 Å². The number of rotatable bonds is 7. The number of nitrogens with zero attached hydrogens (tertiary/aromatic N) is 2. The average molecular weight is 322 g/mol. The largest absolute Gasteiger partial charge is 0.396 e. The molecule has 2 aromatic rings. The molecule has 0 spiro atoms. The third-order valence-corrected chi connectivity index (χ3v) is 4.37. The summed E-state index contributed by atoms with van der Waals surface area (Å²) in [6.07, 6.45) is 0.756. The van der Waals surface area contributed by atoms with Crippen LogP contribution in [0.5, 0.6) is 0 Å². The van der Waals surface area contributed by atoms with Gasteiger partial charge in [-0.15, -0.1) is 0 Å². The Morgan fingerprint density at radius 2 is 2.05 bits per heavy atom. The number of aliphatic hydroxyl groups excluding tert-OH is 1. The van der Waals surface area contributed by atoms with Gasteiger partial charge in [-0.05, 0) is 38.8 Å². The van der Waals surface area contributed by atoms with Crippen molar-refractivity contribution in [2.75, 3.05) is 6.61 Å².